The number of rotatable bonds is 4. The summed E-state index contributed by atoms with van der Waals surface area (Å²) in [6.07, 6.45) is 1.92. The summed E-state index contributed by atoms with van der Waals surface area (Å²) in [7, 11) is -3.90. The first-order valence-corrected chi connectivity index (χ1v) is 7.93. The summed E-state index contributed by atoms with van der Waals surface area (Å²) < 4.78 is 39.6. The third-order valence-corrected chi connectivity index (χ3v) is 5.11. The smallest absolute Gasteiger partial charge is 0.263 e. The van der Waals surface area contributed by atoms with Gasteiger partial charge in [0.1, 0.15) is 0 Å². The minimum atomic E-state index is -3.90. The fourth-order valence-electron chi connectivity index (χ4n) is 2.24. The van der Waals surface area contributed by atoms with Crippen molar-refractivity contribution >= 4 is 10.0 Å². The Hall–Kier alpha value is -1.09. The van der Waals surface area contributed by atoms with E-state index in [0.29, 0.717) is 26.1 Å². The van der Waals surface area contributed by atoms with Crippen LogP contribution in [0, 0.1) is 5.82 Å². The number of pyridine rings is 1. The third-order valence-electron chi connectivity index (χ3n) is 3.27. The molecule has 0 aliphatic carbocycles. The number of nitrogens with zero attached hydrogens (tertiary/aromatic N) is 3. The molecule has 0 bridgehead atoms. The molecule has 0 saturated carbocycles. The second-order valence-corrected chi connectivity index (χ2v) is 6.47. The van der Waals surface area contributed by atoms with Crippen molar-refractivity contribution in [3.63, 3.8) is 0 Å². The highest BCUT2D eigenvalue weighted by molar-refractivity contribution is 7.89. The van der Waals surface area contributed by atoms with E-state index in [2.05, 4.69) is 4.98 Å². The highest BCUT2D eigenvalue weighted by atomic mass is 32.2. The maximum Gasteiger partial charge on any atom is 0.263 e. The van der Waals surface area contributed by atoms with Crippen LogP contribution in [0.5, 0.6) is 0 Å². The predicted octanol–water partition coefficient (Wildman–Crippen LogP) is -0.0906. The topological polar surface area (TPSA) is 73.7 Å². The SMILES string of the molecule is O=S(=O)(c1ncccc1F)N1CCCN(CCO)CC1. The van der Waals surface area contributed by atoms with Crippen molar-refractivity contribution in [2.24, 2.45) is 0 Å². The summed E-state index contributed by atoms with van der Waals surface area (Å²) in [4.78, 5) is 5.64. The molecule has 2 heterocycles. The van der Waals surface area contributed by atoms with Gasteiger partial charge in [-0.15, -0.1) is 0 Å². The second kappa shape index (κ2) is 6.57. The lowest BCUT2D eigenvalue weighted by Crippen LogP contribution is -2.36. The number of hydrogen-bond acceptors (Lipinski definition) is 5. The molecule has 1 saturated heterocycles. The van der Waals surface area contributed by atoms with Gasteiger partial charge in [-0.1, -0.05) is 0 Å². The lowest BCUT2D eigenvalue weighted by Gasteiger charge is -2.20. The van der Waals surface area contributed by atoms with Crippen molar-refractivity contribution in [2.75, 3.05) is 39.3 Å². The standard InChI is InChI=1S/C12H18FN3O3S/c13-11-3-1-4-14-12(11)20(18,19)16-6-2-5-15(7-8-16)9-10-17/h1,3-4,17H,2,5-10H2. The summed E-state index contributed by atoms with van der Waals surface area (Å²) in [5.74, 6) is -0.830. The van der Waals surface area contributed by atoms with Gasteiger partial charge in [0, 0.05) is 32.4 Å². The molecule has 1 fully saturated rings. The maximum absolute atomic E-state index is 13.6. The van der Waals surface area contributed by atoms with Crippen LogP contribution in [0.15, 0.2) is 23.4 Å². The fourth-order valence-corrected chi connectivity index (χ4v) is 3.68. The Morgan fingerprint density at radius 3 is 2.80 bits per heavy atom. The molecule has 6 nitrogen and oxygen atoms in total. The molecule has 0 aromatic carbocycles. The van der Waals surface area contributed by atoms with E-state index in [1.165, 1.54) is 16.6 Å². The highest BCUT2D eigenvalue weighted by Crippen LogP contribution is 2.18. The molecular formula is C12H18FN3O3S. The zero-order chi connectivity index (χ0) is 14.6. The molecule has 1 N–H and O–H groups in total. The number of aromatic nitrogens is 1. The lowest BCUT2D eigenvalue weighted by molar-refractivity contribution is 0.202. The van der Waals surface area contributed by atoms with Crippen LogP contribution in [-0.2, 0) is 10.0 Å². The van der Waals surface area contributed by atoms with Crippen molar-refractivity contribution in [2.45, 2.75) is 11.4 Å². The number of aliphatic hydroxyl groups excluding tert-OH is 1. The first kappa shape index (κ1) is 15.3. The van der Waals surface area contributed by atoms with Gasteiger partial charge in [-0.25, -0.2) is 17.8 Å². The summed E-state index contributed by atoms with van der Waals surface area (Å²) in [5, 5.41) is 8.40. The summed E-state index contributed by atoms with van der Waals surface area (Å²) in [6, 6.07) is 2.45. The quantitative estimate of drug-likeness (QED) is 0.841. The Kier molecular flexibility index (Phi) is 5.03. The van der Waals surface area contributed by atoms with Crippen molar-refractivity contribution in [1.82, 2.24) is 14.2 Å². The van der Waals surface area contributed by atoms with Crippen LogP contribution < -0.4 is 0 Å². The number of β-amino-alcohol motifs (C(OH)–C–C–N with tert-alkyl or cyclic N) is 1. The Morgan fingerprint density at radius 1 is 1.30 bits per heavy atom. The predicted molar refractivity (Wildman–Crippen MR) is 71.1 cm³/mol. The number of sulfonamides is 1. The minimum absolute atomic E-state index is 0.0433. The van der Waals surface area contributed by atoms with Crippen molar-refractivity contribution in [1.29, 1.82) is 0 Å². The van der Waals surface area contributed by atoms with Crippen LogP contribution in [0.3, 0.4) is 0 Å². The number of hydrogen-bond donors (Lipinski definition) is 1. The molecule has 0 radical (unpaired) electrons. The molecule has 0 spiro atoms. The van der Waals surface area contributed by atoms with E-state index in [1.54, 1.807) is 0 Å². The van der Waals surface area contributed by atoms with E-state index in [9.17, 15) is 12.8 Å². The first-order chi connectivity index (χ1) is 9.55. The fraction of sp³-hybridized carbons (Fsp3) is 0.583. The molecule has 112 valence electrons. The first-order valence-electron chi connectivity index (χ1n) is 6.49. The van der Waals surface area contributed by atoms with Crippen LogP contribution in [0.4, 0.5) is 4.39 Å². The third kappa shape index (κ3) is 3.32. The molecule has 1 aliphatic heterocycles. The highest BCUT2D eigenvalue weighted by Gasteiger charge is 2.30. The van der Waals surface area contributed by atoms with Crippen LogP contribution in [0.1, 0.15) is 6.42 Å². The van der Waals surface area contributed by atoms with Gasteiger partial charge in [0.2, 0.25) is 5.03 Å². The molecule has 0 unspecified atom stereocenters. The Labute approximate surface area is 117 Å². The van der Waals surface area contributed by atoms with E-state index in [0.717, 1.165) is 12.6 Å². The van der Waals surface area contributed by atoms with E-state index >= 15 is 0 Å². The average Bonchev–Trinajstić information content (AvgIpc) is 2.65. The summed E-state index contributed by atoms with van der Waals surface area (Å²) in [5.41, 5.74) is 0. The van der Waals surface area contributed by atoms with Crippen molar-refractivity contribution in [3.8, 4) is 0 Å². The monoisotopic (exact) mass is 303 g/mol. The largest absolute Gasteiger partial charge is 0.395 e. The van der Waals surface area contributed by atoms with Gasteiger partial charge in [0.25, 0.3) is 10.0 Å². The van der Waals surface area contributed by atoms with E-state index in [4.69, 9.17) is 5.11 Å². The van der Waals surface area contributed by atoms with Gasteiger partial charge < -0.3 is 5.11 Å². The van der Waals surface area contributed by atoms with Crippen LogP contribution in [-0.4, -0.2) is 67.0 Å². The number of aliphatic hydroxyl groups is 1. The van der Waals surface area contributed by atoms with Gasteiger partial charge in [-0.3, -0.25) is 4.90 Å². The van der Waals surface area contributed by atoms with Crippen LogP contribution in [0.25, 0.3) is 0 Å². The normalized spacial score (nSPS) is 18.9. The van der Waals surface area contributed by atoms with Gasteiger partial charge in [0.05, 0.1) is 6.61 Å². The van der Waals surface area contributed by atoms with Crippen molar-refractivity contribution in [3.05, 3.63) is 24.1 Å². The number of halogens is 1. The Morgan fingerprint density at radius 2 is 2.10 bits per heavy atom. The van der Waals surface area contributed by atoms with Gasteiger partial charge in [-0.2, -0.15) is 4.31 Å². The molecule has 0 amide bonds. The molecule has 2 rings (SSSR count). The summed E-state index contributed by atoms with van der Waals surface area (Å²) in [6.45, 7) is 2.41. The minimum Gasteiger partial charge on any atom is -0.395 e. The van der Waals surface area contributed by atoms with Gasteiger partial charge in [-0.05, 0) is 25.1 Å². The average molecular weight is 303 g/mol. The molecule has 20 heavy (non-hydrogen) atoms. The lowest BCUT2D eigenvalue weighted by atomic mass is 10.4. The molecule has 8 heteroatoms. The van der Waals surface area contributed by atoms with E-state index < -0.39 is 20.9 Å². The molecule has 1 aliphatic rings. The summed E-state index contributed by atoms with van der Waals surface area (Å²) >= 11 is 0. The van der Waals surface area contributed by atoms with Gasteiger partial charge in [0.15, 0.2) is 5.82 Å². The maximum atomic E-state index is 13.6. The van der Waals surface area contributed by atoms with Crippen molar-refractivity contribution < 1.29 is 17.9 Å². The van der Waals surface area contributed by atoms with Gasteiger partial charge >= 0.3 is 0 Å². The zero-order valence-corrected chi connectivity index (χ0v) is 11.9. The molecule has 0 atom stereocenters. The second-order valence-electron chi connectivity index (χ2n) is 4.61. The van der Waals surface area contributed by atoms with Crippen LogP contribution >= 0.6 is 0 Å². The molecule has 1 aromatic rings. The van der Waals surface area contributed by atoms with E-state index in [1.807, 2.05) is 4.90 Å². The Bertz CT molecular complexity index is 553. The van der Waals surface area contributed by atoms with E-state index in [-0.39, 0.29) is 13.2 Å². The Balaban J connectivity index is 2.16. The van der Waals surface area contributed by atoms with Crippen LogP contribution in [0.2, 0.25) is 0 Å². The molecular weight excluding hydrogens is 285 g/mol. The zero-order valence-electron chi connectivity index (χ0n) is 11.1. The molecule has 1 aromatic heterocycles.